The van der Waals surface area contributed by atoms with Gasteiger partial charge in [0.2, 0.25) is 0 Å². The molecule has 0 heterocycles. The van der Waals surface area contributed by atoms with Crippen molar-refractivity contribution in [2.24, 2.45) is 11.8 Å². The highest BCUT2D eigenvalue weighted by Crippen LogP contribution is 2.17. The van der Waals surface area contributed by atoms with E-state index in [0.717, 1.165) is 69.6 Å². The fourth-order valence-electron chi connectivity index (χ4n) is 7.07. The van der Waals surface area contributed by atoms with E-state index in [2.05, 4.69) is 34.6 Å². The van der Waals surface area contributed by atoms with Crippen LogP contribution in [0.4, 0.5) is 0 Å². The van der Waals surface area contributed by atoms with Crippen molar-refractivity contribution in [2.75, 3.05) is 13.2 Å². The Morgan fingerprint density at radius 1 is 0.389 bits per heavy atom. The van der Waals surface area contributed by atoms with Gasteiger partial charge in [0.05, 0.1) is 0 Å². The molecule has 0 saturated heterocycles. The molecule has 0 bridgehead atoms. The summed E-state index contributed by atoms with van der Waals surface area (Å²) in [5, 5.41) is 0. The SMILES string of the molecule is CCCCCCCCCCCCCCCCCC(=O)O[C@@H](COC(=O)CCCCCCCCCCC(C)CC)COC(=O)CCCCCCCCC(C)C. The first kappa shape index (κ1) is 52.4. The highest BCUT2D eigenvalue weighted by molar-refractivity contribution is 5.71. The van der Waals surface area contributed by atoms with Crippen LogP contribution in [0, 0.1) is 11.8 Å². The molecular formula is C48H92O6. The summed E-state index contributed by atoms with van der Waals surface area (Å²) in [5.41, 5.74) is 0. The van der Waals surface area contributed by atoms with Gasteiger partial charge in [-0.2, -0.15) is 0 Å². The highest BCUT2D eigenvalue weighted by Gasteiger charge is 2.19. The van der Waals surface area contributed by atoms with Crippen LogP contribution in [0.3, 0.4) is 0 Å². The zero-order valence-corrected chi connectivity index (χ0v) is 36.8. The number of hydrogen-bond acceptors (Lipinski definition) is 6. The number of esters is 3. The summed E-state index contributed by atoms with van der Waals surface area (Å²) >= 11 is 0. The van der Waals surface area contributed by atoms with Crippen LogP contribution < -0.4 is 0 Å². The molecule has 0 spiro atoms. The Balaban J connectivity index is 4.31. The van der Waals surface area contributed by atoms with Gasteiger partial charge in [0.25, 0.3) is 0 Å². The second-order valence-electron chi connectivity index (χ2n) is 17.1. The summed E-state index contributed by atoms with van der Waals surface area (Å²) in [6.45, 7) is 11.3. The third-order valence-corrected chi connectivity index (χ3v) is 11.1. The third-order valence-electron chi connectivity index (χ3n) is 11.1. The van der Waals surface area contributed by atoms with Crippen molar-refractivity contribution in [1.82, 2.24) is 0 Å². The lowest BCUT2D eigenvalue weighted by atomic mass is 9.99. The molecule has 0 aliphatic carbocycles. The minimum atomic E-state index is -0.761. The predicted octanol–water partition coefficient (Wildman–Crippen LogP) is 15.0. The van der Waals surface area contributed by atoms with Crippen LogP contribution in [-0.4, -0.2) is 37.2 Å². The highest BCUT2D eigenvalue weighted by atomic mass is 16.6. The van der Waals surface area contributed by atoms with Gasteiger partial charge in [-0.1, -0.05) is 221 Å². The summed E-state index contributed by atoms with van der Waals surface area (Å²) in [6.07, 6.45) is 39.5. The van der Waals surface area contributed by atoms with E-state index < -0.39 is 6.10 Å². The summed E-state index contributed by atoms with van der Waals surface area (Å²) < 4.78 is 16.7. The maximum atomic E-state index is 12.7. The molecule has 0 aromatic carbocycles. The van der Waals surface area contributed by atoms with Crippen molar-refractivity contribution < 1.29 is 28.6 Å². The van der Waals surface area contributed by atoms with Crippen LogP contribution >= 0.6 is 0 Å². The molecule has 6 heteroatoms. The van der Waals surface area contributed by atoms with Gasteiger partial charge in [0, 0.05) is 19.3 Å². The van der Waals surface area contributed by atoms with Crippen LogP contribution in [0.5, 0.6) is 0 Å². The van der Waals surface area contributed by atoms with Gasteiger partial charge in [-0.15, -0.1) is 0 Å². The minimum absolute atomic E-state index is 0.0657. The first-order chi connectivity index (χ1) is 26.3. The van der Waals surface area contributed by atoms with Crippen LogP contribution in [-0.2, 0) is 28.6 Å². The molecule has 0 aromatic heterocycles. The maximum absolute atomic E-state index is 12.7. The van der Waals surface area contributed by atoms with Gasteiger partial charge in [-0.25, -0.2) is 0 Å². The number of carbonyl (C=O) groups excluding carboxylic acids is 3. The first-order valence-electron chi connectivity index (χ1n) is 23.8. The monoisotopic (exact) mass is 765 g/mol. The lowest BCUT2D eigenvalue weighted by molar-refractivity contribution is -0.167. The van der Waals surface area contributed by atoms with Gasteiger partial charge in [0.15, 0.2) is 6.10 Å². The predicted molar refractivity (Wildman–Crippen MR) is 229 cm³/mol. The molecule has 0 aliphatic heterocycles. The Morgan fingerprint density at radius 3 is 1.06 bits per heavy atom. The van der Waals surface area contributed by atoms with Crippen molar-refractivity contribution in [3.05, 3.63) is 0 Å². The van der Waals surface area contributed by atoms with Crippen molar-refractivity contribution in [2.45, 2.75) is 265 Å². The fraction of sp³-hybridized carbons (Fsp3) is 0.938. The first-order valence-corrected chi connectivity index (χ1v) is 23.8. The molecule has 2 atom stereocenters. The molecule has 1 unspecified atom stereocenters. The molecule has 0 aliphatic rings. The van der Waals surface area contributed by atoms with E-state index in [4.69, 9.17) is 14.2 Å². The average molecular weight is 765 g/mol. The van der Waals surface area contributed by atoms with Gasteiger partial charge < -0.3 is 14.2 Å². The molecule has 6 nitrogen and oxygen atoms in total. The van der Waals surface area contributed by atoms with E-state index >= 15 is 0 Å². The molecule has 54 heavy (non-hydrogen) atoms. The summed E-state index contributed by atoms with van der Waals surface area (Å²) in [6, 6.07) is 0. The Morgan fingerprint density at radius 2 is 0.704 bits per heavy atom. The number of rotatable bonds is 42. The minimum Gasteiger partial charge on any atom is -0.462 e. The Kier molecular flexibility index (Phi) is 39.8. The van der Waals surface area contributed by atoms with Crippen LogP contribution in [0.15, 0.2) is 0 Å². The summed E-state index contributed by atoms with van der Waals surface area (Å²) in [4.78, 5) is 37.7. The number of carbonyl (C=O) groups is 3. The van der Waals surface area contributed by atoms with E-state index in [9.17, 15) is 14.4 Å². The molecule has 0 radical (unpaired) electrons. The number of ether oxygens (including phenoxy) is 3. The summed E-state index contributed by atoms with van der Waals surface area (Å²) in [7, 11) is 0. The standard InChI is InChI=1S/C48H92O6/c1-6-8-9-10-11-12-13-14-15-16-17-18-23-30-35-40-48(51)54-45(42-53-47(50)39-34-29-25-24-26-31-36-43(3)4)41-52-46(49)38-33-28-22-20-19-21-27-32-37-44(5)7-2/h43-45H,6-42H2,1-5H3/t44?,45-/m0/s1. The van der Waals surface area contributed by atoms with Crippen molar-refractivity contribution in [3.8, 4) is 0 Å². The number of hydrogen-bond donors (Lipinski definition) is 0. The van der Waals surface area contributed by atoms with Crippen molar-refractivity contribution >= 4 is 17.9 Å². The average Bonchev–Trinajstić information content (AvgIpc) is 3.15. The molecule has 320 valence electrons. The molecular weight excluding hydrogens is 673 g/mol. The molecule has 0 rings (SSSR count). The van der Waals surface area contributed by atoms with E-state index in [1.54, 1.807) is 0 Å². The Labute approximate surface area is 336 Å². The molecule has 0 N–H and O–H groups in total. The third kappa shape index (κ3) is 40.1. The van der Waals surface area contributed by atoms with Crippen LogP contribution in [0.25, 0.3) is 0 Å². The van der Waals surface area contributed by atoms with Crippen molar-refractivity contribution in [1.29, 1.82) is 0 Å². The summed E-state index contributed by atoms with van der Waals surface area (Å²) in [5.74, 6) is 0.751. The van der Waals surface area contributed by atoms with Crippen LogP contribution in [0.2, 0.25) is 0 Å². The topological polar surface area (TPSA) is 78.9 Å². The van der Waals surface area contributed by atoms with E-state index in [1.165, 1.54) is 148 Å². The quantitative estimate of drug-likeness (QED) is 0.0350. The molecule has 0 aromatic rings. The van der Waals surface area contributed by atoms with Gasteiger partial charge in [0.1, 0.15) is 13.2 Å². The maximum Gasteiger partial charge on any atom is 0.306 e. The second kappa shape index (κ2) is 41.1. The Bertz CT molecular complexity index is 826. The van der Waals surface area contributed by atoms with Crippen LogP contribution in [0.1, 0.15) is 259 Å². The fourth-order valence-corrected chi connectivity index (χ4v) is 7.07. The van der Waals surface area contributed by atoms with Crippen molar-refractivity contribution in [3.63, 3.8) is 0 Å². The molecule has 0 amide bonds. The van der Waals surface area contributed by atoms with Gasteiger partial charge in [-0.05, 0) is 31.1 Å². The van der Waals surface area contributed by atoms with E-state index in [1.807, 2.05) is 0 Å². The second-order valence-corrected chi connectivity index (χ2v) is 17.1. The van der Waals surface area contributed by atoms with Gasteiger partial charge >= 0.3 is 17.9 Å². The number of unbranched alkanes of at least 4 members (excludes halogenated alkanes) is 26. The molecule has 0 saturated carbocycles. The smallest absolute Gasteiger partial charge is 0.306 e. The lowest BCUT2D eigenvalue weighted by Gasteiger charge is -2.18. The lowest BCUT2D eigenvalue weighted by Crippen LogP contribution is -2.30. The van der Waals surface area contributed by atoms with E-state index in [-0.39, 0.29) is 31.1 Å². The largest absolute Gasteiger partial charge is 0.462 e. The zero-order valence-electron chi connectivity index (χ0n) is 36.8. The van der Waals surface area contributed by atoms with E-state index in [0.29, 0.717) is 19.3 Å². The normalized spacial score (nSPS) is 12.6. The zero-order chi connectivity index (χ0) is 39.7. The van der Waals surface area contributed by atoms with Gasteiger partial charge in [-0.3, -0.25) is 14.4 Å². The molecule has 0 fully saturated rings. The Hall–Kier alpha value is -1.59.